The Labute approximate surface area is 357 Å². The Bertz CT molecular complexity index is 826. The fraction of sp³-hybridized carbons (Fsp3) is 0.875. The molecule has 0 aromatic heterocycles. The van der Waals surface area contributed by atoms with Crippen molar-refractivity contribution in [3.8, 4) is 0 Å². The van der Waals surface area contributed by atoms with Crippen LogP contribution in [-0.2, 0) is 25.6 Å². The number of nitrogens with one attached hydrogen (secondary N) is 1. The van der Waals surface area contributed by atoms with E-state index in [0.29, 0.717) is 6.54 Å². The summed E-state index contributed by atoms with van der Waals surface area (Å²) in [5, 5.41) is 49.4. The first-order valence-corrected chi connectivity index (χ1v) is 16.2. The van der Waals surface area contributed by atoms with Crippen LogP contribution in [0, 0.1) is 0 Å². The van der Waals surface area contributed by atoms with Gasteiger partial charge in [0.25, 0.3) is 5.91 Å². The van der Waals surface area contributed by atoms with Crippen molar-refractivity contribution in [3.05, 3.63) is 12.2 Å². The molecule has 0 bridgehead atoms. The molecule has 0 saturated heterocycles. The van der Waals surface area contributed by atoms with Gasteiger partial charge in [-0.1, -0.05) is 76.9 Å². The zero-order chi connectivity index (χ0) is 32.3. The van der Waals surface area contributed by atoms with Crippen LogP contribution in [0.4, 0.5) is 0 Å². The minimum absolute atomic E-state index is 0. The van der Waals surface area contributed by atoms with Gasteiger partial charge < -0.3 is 49.1 Å². The third kappa shape index (κ3) is 59.3. The average Bonchev–Trinajstić information content (AvgIpc) is 2.86. The van der Waals surface area contributed by atoms with E-state index in [0.717, 1.165) is 32.1 Å². The molecule has 1 amide bonds. The molecule has 0 radical (unpaired) electrons. The van der Waals surface area contributed by atoms with E-state index in [9.17, 15) is 25.2 Å². The zero-order valence-corrected chi connectivity index (χ0v) is 37.1. The first-order valence-electron chi connectivity index (χ1n) is 13.5. The van der Waals surface area contributed by atoms with Crippen molar-refractivity contribution in [2.75, 3.05) is 13.2 Å². The number of rotatable bonds is 21. The van der Waals surface area contributed by atoms with Gasteiger partial charge in [-0.3, -0.25) is 21.6 Å². The zero-order valence-electron chi connectivity index (χ0n) is 27.5. The van der Waals surface area contributed by atoms with Gasteiger partial charge in [0.05, 0.1) is 6.61 Å². The number of hydrogen-bond acceptors (Lipinski definition) is 14. The van der Waals surface area contributed by atoms with Crippen molar-refractivity contribution in [1.82, 2.24) is 5.32 Å². The van der Waals surface area contributed by atoms with Gasteiger partial charge in [-0.05, 0) is 32.1 Å². The van der Waals surface area contributed by atoms with E-state index < -0.39 is 57.7 Å². The van der Waals surface area contributed by atoms with Crippen molar-refractivity contribution in [1.29, 1.82) is 0 Å². The molecular weight excluding hydrogens is 682 g/mol. The normalized spacial score (nSPS) is 13.4. The maximum Gasteiger partial charge on any atom is 1.00 e. The Morgan fingerprint density at radius 2 is 0.978 bits per heavy atom. The molecule has 0 aromatic carbocycles. The second-order valence-electron chi connectivity index (χ2n) is 9.22. The molecule has 0 heterocycles. The van der Waals surface area contributed by atoms with Crippen LogP contribution in [0.2, 0.25) is 0 Å². The molecule has 21 heteroatoms. The summed E-state index contributed by atoms with van der Waals surface area (Å²) in [5.41, 5.74) is 0. The van der Waals surface area contributed by atoms with E-state index in [1.807, 2.05) is 0 Å². The minimum atomic E-state index is -5.17. The molecular formula is C24H47NNa4O14S2. The summed E-state index contributed by atoms with van der Waals surface area (Å²) >= 11 is 0. The smallest absolute Gasteiger partial charge is 0.759 e. The Kier molecular flexibility index (Phi) is 57.5. The number of carbonyl (C=O) groups is 1. The Morgan fingerprint density at radius 3 is 1.33 bits per heavy atom. The maximum absolute atomic E-state index is 11.8. The van der Waals surface area contributed by atoms with Crippen LogP contribution in [0.3, 0.4) is 0 Å². The standard InChI is InChI=1S/C24H47NO6.4Na.2H2O4S/c1-2-3-4-5-6-7-8-9-10-11-12-13-14-15-16-17-18-25-24(31)23(30)22(29)21(28)20(27)19-26;;;;;2*1-5(2,3)4/h9-10,20-23,26-30H,2-8,11-19H2,1H3,(H,25,31);;;;;2*(H2,1,2,3,4)/q;4*+1;;/p-4/b10-9-;;;;;;/t20-,21-,22+,23-;;;;;;/m1....../s1. The average molecular weight is 730 g/mol. The fourth-order valence-electron chi connectivity index (χ4n) is 3.37. The van der Waals surface area contributed by atoms with E-state index >= 15 is 0 Å². The quantitative estimate of drug-likeness (QED) is 0.0210. The van der Waals surface area contributed by atoms with E-state index in [2.05, 4.69) is 24.4 Å². The summed E-state index contributed by atoms with van der Waals surface area (Å²) in [6.07, 6.45) is 14.3. The van der Waals surface area contributed by atoms with Crippen LogP contribution in [-0.4, -0.2) is 104 Å². The van der Waals surface area contributed by atoms with Crippen LogP contribution in [0.5, 0.6) is 0 Å². The summed E-state index contributed by atoms with van der Waals surface area (Å²) in [4.78, 5) is 11.8. The van der Waals surface area contributed by atoms with Crippen LogP contribution < -0.4 is 124 Å². The topological polar surface area (TPSA) is 291 Å². The van der Waals surface area contributed by atoms with Crippen LogP contribution in [0.1, 0.15) is 96.8 Å². The largest absolute Gasteiger partial charge is 1.00 e. The first-order chi connectivity index (χ1) is 19.0. The van der Waals surface area contributed by atoms with Gasteiger partial charge in [-0.15, -0.1) is 0 Å². The molecule has 248 valence electrons. The van der Waals surface area contributed by atoms with Gasteiger partial charge in [-0.25, -0.2) is 0 Å². The van der Waals surface area contributed by atoms with Crippen molar-refractivity contribution < 1.29 is 184 Å². The third-order valence-corrected chi connectivity index (χ3v) is 5.51. The van der Waals surface area contributed by atoms with Gasteiger partial charge in [0.15, 0.2) is 6.10 Å². The molecule has 0 rings (SSSR count). The van der Waals surface area contributed by atoms with Crippen molar-refractivity contribution >= 4 is 26.7 Å². The number of carbonyl (C=O) groups excluding carboxylic acids is 1. The van der Waals surface area contributed by atoms with Gasteiger partial charge in [0.1, 0.15) is 18.3 Å². The van der Waals surface area contributed by atoms with E-state index in [4.69, 9.17) is 40.2 Å². The van der Waals surface area contributed by atoms with Gasteiger partial charge in [-0.2, -0.15) is 0 Å². The number of aliphatic hydroxyl groups excluding tert-OH is 5. The molecule has 0 aliphatic rings. The molecule has 15 nitrogen and oxygen atoms in total. The van der Waals surface area contributed by atoms with E-state index in [1.165, 1.54) is 57.8 Å². The number of allylic oxidation sites excluding steroid dienone is 2. The first kappa shape index (κ1) is 62.8. The molecule has 0 fully saturated rings. The van der Waals surface area contributed by atoms with E-state index in [-0.39, 0.29) is 118 Å². The summed E-state index contributed by atoms with van der Waals surface area (Å²) in [6, 6.07) is 0. The molecule has 6 N–H and O–H groups in total. The summed E-state index contributed by atoms with van der Waals surface area (Å²) in [7, 11) is -10.3. The Hall–Kier alpha value is 2.75. The molecule has 0 aliphatic carbocycles. The summed E-state index contributed by atoms with van der Waals surface area (Å²) in [5.74, 6) is -0.801. The summed E-state index contributed by atoms with van der Waals surface area (Å²) < 4.78 is 68.2. The minimum Gasteiger partial charge on any atom is -0.759 e. The van der Waals surface area contributed by atoms with Gasteiger partial charge in [0, 0.05) is 27.3 Å². The number of unbranched alkanes of at least 4 members (excludes halogenated alkanes) is 12. The van der Waals surface area contributed by atoms with Crippen LogP contribution in [0.25, 0.3) is 0 Å². The van der Waals surface area contributed by atoms with Crippen molar-refractivity contribution in [2.45, 2.75) is 121 Å². The van der Waals surface area contributed by atoms with Gasteiger partial charge >= 0.3 is 118 Å². The Balaban J connectivity index is -0.000000178. The second-order valence-corrected chi connectivity index (χ2v) is 10.9. The molecule has 0 saturated carbocycles. The molecule has 45 heavy (non-hydrogen) atoms. The van der Waals surface area contributed by atoms with Crippen molar-refractivity contribution in [3.63, 3.8) is 0 Å². The monoisotopic (exact) mass is 729 g/mol. The molecule has 0 aliphatic heterocycles. The molecule has 0 spiro atoms. The predicted octanol–water partition coefficient (Wildman–Crippen LogP) is -12.1. The second kappa shape index (κ2) is 41.2. The number of hydrogen-bond donors (Lipinski definition) is 6. The Morgan fingerprint density at radius 1 is 0.644 bits per heavy atom. The maximum atomic E-state index is 11.8. The van der Waals surface area contributed by atoms with Crippen LogP contribution in [0.15, 0.2) is 12.2 Å². The number of amides is 1. The molecule has 4 atom stereocenters. The SMILES string of the molecule is CCCCCCCC/C=C\CCCCCCCCNC(=O)[C@H](O)[C@@H](O)[C@H](O)[C@H](O)CO.O=S(=O)([O-])[O-].O=S(=O)([O-])[O-].[Na+].[Na+].[Na+].[Na+]. The summed E-state index contributed by atoms with van der Waals surface area (Å²) in [6.45, 7) is 1.85. The van der Waals surface area contributed by atoms with Gasteiger partial charge in [0.2, 0.25) is 0 Å². The van der Waals surface area contributed by atoms with Crippen molar-refractivity contribution in [2.24, 2.45) is 0 Å². The molecule has 0 unspecified atom stereocenters. The van der Waals surface area contributed by atoms with E-state index in [1.54, 1.807) is 0 Å². The predicted molar refractivity (Wildman–Crippen MR) is 145 cm³/mol. The number of aliphatic hydroxyl groups is 5. The van der Waals surface area contributed by atoms with Crippen LogP contribution >= 0.6 is 0 Å². The molecule has 0 aromatic rings. The third-order valence-electron chi connectivity index (χ3n) is 5.51. The fourth-order valence-corrected chi connectivity index (χ4v) is 3.37.